The molecule has 0 saturated carbocycles. The van der Waals surface area contributed by atoms with Crippen molar-refractivity contribution in [2.45, 2.75) is 37.8 Å². The summed E-state index contributed by atoms with van der Waals surface area (Å²) < 4.78 is 5.15. The molecule has 1 heterocycles. The van der Waals surface area contributed by atoms with Crippen LogP contribution in [0.15, 0.2) is 60.7 Å². The van der Waals surface area contributed by atoms with Gasteiger partial charge in [0.2, 0.25) is 5.91 Å². The summed E-state index contributed by atoms with van der Waals surface area (Å²) >= 11 is 0. The molecule has 1 fully saturated rings. The Morgan fingerprint density at radius 2 is 1.73 bits per heavy atom. The molecule has 0 spiro atoms. The number of hydrogen-bond donors (Lipinski definition) is 1. The van der Waals surface area contributed by atoms with E-state index >= 15 is 0 Å². The SMILES string of the molecule is CC(C)(O)[C@H](C(=O)N1C(=O)OC[C@@H]1Cc1ccccc1)c1ccccc1. The van der Waals surface area contributed by atoms with Crippen LogP contribution in [0.4, 0.5) is 4.79 Å². The Labute approximate surface area is 153 Å². The molecule has 136 valence electrons. The van der Waals surface area contributed by atoms with Crippen LogP contribution >= 0.6 is 0 Å². The Balaban J connectivity index is 1.90. The molecule has 0 aliphatic carbocycles. The van der Waals surface area contributed by atoms with Crippen LogP contribution in [0.2, 0.25) is 0 Å². The largest absolute Gasteiger partial charge is 0.447 e. The minimum Gasteiger partial charge on any atom is -0.447 e. The predicted molar refractivity (Wildman–Crippen MR) is 97.6 cm³/mol. The minimum absolute atomic E-state index is 0.160. The van der Waals surface area contributed by atoms with Gasteiger partial charge in [0.15, 0.2) is 0 Å². The maximum atomic E-state index is 13.3. The molecule has 2 atom stereocenters. The Morgan fingerprint density at radius 3 is 2.31 bits per heavy atom. The summed E-state index contributed by atoms with van der Waals surface area (Å²) in [5.41, 5.74) is 0.370. The molecule has 2 aromatic rings. The van der Waals surface area contributed by atoms with Gasteiger partial charge < -0.3 is 9.84 Å². The maximum Gasteiger partial charge on any atom is 0.417 e. The van der Waals surface area contributed by atoms with Gasteiger partial charge in [-0.2, -0.15) is 0 Å². The number of cyclic esters (lactones) is 1. The quantitative estimate of drug-likeness (QED) is 0.897. The smallest absolute Gasteiger partial charge is 0.417 e. The second-order valence-corrected chi connectivity index (χ2v) is 7.13. The monoisotopic (exact) mass is 353 g/mol. The Hall–Kier alpha value is -2.66. The van der Waals surface area contributed by atoms with E-state index in [1.165, 1.54) is 4.90 Å². The Kier molecular flexibility index (Phi) is 5.09. The number of ether oxygens (including phenoxy) is 1. The first-order valence-electron chi connectivity index (χ1n) is 8.69. The zero-order chi connectivity index (χ0) is 18.7. The summed E-state index contributed by atoms with van der Waals surface area (Å²) in [5.74, 6) is -1.29. The first-order chi connectivity index (χ1) is 12.4. The molecular formula is C21H23NO4. The first-order valence-corrected chi connectivity index (χ1v) is 8.69. The molecule has 0 radical (unpaired) electrons. The van der Waals surface area contributed by atoms with Gasteiger partial charge in [0.05, 0.1) is 17.6 Å². The Morgan fingerprint density at radius 1 is 1.15 bits per heavy atom. The zero-order valence-corrected chi connectivity index (χ0v) is 15.0. The van der Waals surface area contributed by atoms with Gasteiger partial charge in [0, 0.05) is 0 Å². The van der Waals surface area contributed by atoms with Gasteiger partial charge in [-0.25, -0.2) is 9.69 Å². The van der Waals surface area contributed by atoms with Crippen molar-refractivity contribution < 1.29 is 19.4 Å². The lowest BCUT2D eigenvalue weighted by Gasteiger charge is -2.32. The third kappa shape index (κ3) is 3.78. The molecule has 5 heteroatoms. The molecular weight excluding hydrogens is 330 g/mol. The van der Waals surface area contributed by atoms with Crippen molar-refractivity contribution in [3.05, 3.63) is 71.8 Å². The summed E-state index contributed by atoms with van der Waals surface area (Å²) in [4.78, 5) is 26.7. The second-order valence-electron chi connectivity index (χ2n) is 7.13. The number of amides is 2. The van der Waals surface area contributed by atoms with Crippen molar-refractivity contribution in [1.29, 1.82) is 0 Å². The zero-order valence-electron chi connectivity index (χ0n) is 15.0. The lowest BCUT2D eigenvalue weighted by Crippen LogP contribution is -2.48. The highest BCUT2D eigenvalue weighted by atomic mass is 16.6. The van der Waals surface area contributed by atoms with Crippen molar-refractivity contribution in [2.24, 2.45) is 0 Å². The topological polar surface area (TPSA) is 66.8 Å². The van der Waals surface area contributed by atoms with E-state index in [0.717, 1.165) is 5.56 Å². The number of benzene rings is 2. The van der Waals surface area contributed by atoms with E-state index in [4.69, 9.17) is 4.74 Å². The molecule has 0 aromatic heterocycles. The molecule has 26 heavy (non-hydrogen) atoms. The van der Waals surface area contributed by atoms with Gasteiger partial charge in [-0.15, -0.1) is 0 Å². The van der Waals surface area contributed by atoms with Crippen LogP contribution in [-0.2, 0) is 16.0 Å². The van der Waals surface area contributed by atoms with Gasteiger partial charge in [-0.1, -0.05) is 60.7 Å². The molecule has 0 bridgehead atoms. The fourth-order valence-corrected chi connectivity index (χ4v) is 3.40. The van der Waals surface area contributed by atoms with Crippen molar-refractivity contribution in [2.75, 3.05) is 6.61 Å². The molecule has 1 saturated heterocycles. The van der Waals surface area contributed by atoms with Gasteiger partial charge >= 0.3 is 6.09 Å². The second kappa shape index (κ2) is 7.30. The van der Waals surface area contributed by atoms with Gasteiger partial charge in [-0.05, 0) is 31.4 Å². The highest BCUT2D eigenvalue weighted by Crippen LogP contribution is 2.32. The third-order valence-corrected chi connectivity index (χ3v) is 4.60. The van der Waals surface area contributed by atoms with E-state index in [0.29, 0.717) is 12.0 Å². The number of hydrogen-bond acceptors (Lipinski definition) is 4. The highest BCUT2D eigenvalue weighted by molar-refractivity contribution is 5.97. The first kappa shape index (κ1) is 18.1. The summed E-state index contributed by atoms with van der Waals surface area (Å²) in [6, 6.07) is 18.3. The molecule has 0 unspecified atom stereocenters. The maximum absolute atomic E-state index is 13.3. The fourth-order valence-electron chi connectivity index (χ4n) is 3.40. The lowest BCUT2D eigenvalue weighted by molar-refractivity contribution is -0.136. The average Bonchev–Trinajstić information content (AvgIpc) is 2.96. The highest BCUT2D eigenvalue weighted by Gasteiger charge is 2.45. The number of nitrogens with zero attached hydrogens (tertiary/aromatic N) is 1. The number of aliphatic hydroxyl groups is 1. The molecule has 1 aliphatic rings. The fraction of sp³-hybridized carbons (Fsp3) is 0.333. The van der Waals surface area contributed by atoms with Gasteiger partial charge in [0.1, 0.15) is 6.61 Å². The summed E-state index contributed by atoms with van der Waals surface area (Å²) in [6.45, 7) is 3.32. The summed E-state index contributed by atoms with van der Waals surface area (Å²) in [6.07, 6.45) is -0.132. The summed E-state index contributed by atoms with van der Waals surface area (Å²) in [5, 5.41) is 10.6. The van der Waals surface area contributed by atoms with Gasteiger partial charge in [0.25, 0.3) is 0 Å². The molecule has 1 N–H and O–H groups in total. The van der Waals surface area contributed by atoms with E-state index in [1.807, 2.05) is 48.5 Å². The number of carbonyl (C=O) groups is 2. The minimum atomic E-state index is -1.32. The van der Waals surface area contributed by atoms with Crippen LogP contribution in [0.3, 0.4) is 0 Å². The van der Waals surface area contributed by atoms with Crippen LogP contribution in [0.1, 0.15) is 30.9 Å². The van der Waals surface area contributed by atoms with Crippen molar-refractivity contribution in [3.63, 3.8) is 0 Å². The van der Waals surface area contributed by atoms with E-state index in [1.54, 1.807) is 26.0 Å². The van der Waals surface area contributed by atoms with Crippen LogP contribution in [0, 0.1) is 0 Å². The van der Waals surface area contributed by atoms with E-state index < -0.39 is 23.5 Å². The predicted octanol–water partition coefficient (Wildman–Crippen LogP) is 3.13. The molecule has 3 rings (SSSR count). The molecule has 2 aromatic carbocycles. The van der Waals surface area contributed by atoms with Crippen LogP contribution in [0.5, 0.6) is 0 Å². The third-order valence-electron chi connectivity index (χ3n) is 4.60. The van der Waals surface area contributed by atoms with Crippen LogP contribution in [-0.4, -0.2) is 40.3 Å². The van der Waals surface area contributed by atoms with Crippen molar-refractivity contribution >= 4 is 12.0 Å². The molecule has 2 amide bonds. The Bertz CT molecular complexity index is 768. The molecule has 1 aliphatic heterocycles. The summed E-state index contributed by atoms with van der Waals surface area (Å²) in [7, 11) is 0. The number of imide groups is 1. The van der Waals surface area contributed by atoms with Crippen molar-refractivity contribution in [3.8, 4) is 0 Å². The van der Waals surface area contributed by atoms with E-state index in [2.05, 4.69) is 0 Å². The van der Waals surface area contributed by atoms with E-state index in [9.17, 15) is 14.7 Å². The normalized spacial score (nSPS) is 18.5. The molecule has 5 nitrogen and oxygen atoms in total. The van der Waals surface area contributed by atoms with Crippen LogP contribution < -0.4 is 0 Å². The lowest BCUT2D eigenvalue weighted by atomic mass is 9.83. The standard InChI is InChI=1S/C21H23NO4/c1-21(2,25)18(16-11-7-4-8-12-16)19(23)22-17(14-26-20(22)24)13-15-9-5-3-6-10-15/h3-12,17-18,25H,13-14H2,1-2H3/t17-,18-/m0/s1. The van der Waals surface area contributed by atoms with Gasteiger partial charge in [-0.3, -0.25) is 4.79 Å². The van der Waals surface area contributed by atoms with Crippen LogP contribution in [0.25, 0.3) is 0 Å². The van der Waals surface area contributed by atoms with Crippen molar-refractivity contribution in [1.82, 2.24) is 4.90 Å². The number of rotatable bonds is 5. The average molecular weight is 353 g/mol. The number of carbonyl (C=O) groups excluding carboxylic acids is 2. The van der Waals surface area contributed by atoms with E-state index in [-0.39, 0.29) is 12.6 Å².